The molecule has 90 valence electrons. The number of methoxy groups -OCH3 is 1. The molecule has 1 aromatic rings. The predicted molar refractivity (Wildman–Crippen MR) is 60.7 cm³/mol. The summed E-state index contributed by atoms with van der Waals surface area (Å²) < 4.78 is 18.2. The minimum atomic E-state index is -0.726. The smallest absolute Gasteiger partial charge is 0.123 e. The van der Waals surface area contributed by atoms with Crippen molar-refractivity contribution >= 4 is 0 Å². The van der Waals surface area contributed by atoms with Crippen molar-refractivity contribution in [1.29, 1.82) is 0 Å². The molecule has 3 N–H and O–H groups in total. The van der Waals surface area contributed by atoms with Crippen LogP contribution >= 0.6 is 0 Å². The van der Waals surface area contributed by atoms with Crippen molar-refractivity contribution in [3.05, 3.63) is 29.6 Å². The van der Waals surface area contributed by atoms with Crippen LogP contribution in [0, 0.1) is 11.7 Å². The molecule has 4 heteroatoms. The average molecular weight is 227 g/mol. The molecular weight excluding hydrogens is 209 g/mol. The van der Waals surface area contributed by atoms with E-state index in [4.69, 9.17) is 10.5 Å². The highest BCUT2D eigenvalue weighted by Crippen LogP contribution is 2.28. The average Bonchev–Trinajstić information content (AvgIpc) is 2.26. The summed E-state index contributed by atoms with van der Waals surface area (Å²) in [7, 11) is 1.49. The Morgan fingerprint density at radius 3 is 2.50 bits per heavy atom. The number of aliphatic hydroxyl groups excluding tert-OH is 1. The molecule has 0 fully saturated rings. The number of aliphatic hydroxyl groups is 1. The molecule has 0 aliphatic rings. The molecular formula is C12H18FNO2. The molecule has 0 aliphatic heterocycles. The zero-order valence-electron chi connectivity index (χ0n) is 9.77. The predicted octanol–water partition coefficient (Wildman–Crippen LogP) is 1.85. The Labute approximate surface area is 95.0 Å². The fourth-order valence-electron chi connectivity index (χ4n) is 1.56. The van der Waals surface area contributed by atoms with E-state index in [0.717, 1.165) is 0 Å². The van der Waals surface area contributed by atoms with Crippen LogP contribution in [0.25, 0.3) is 0 Å². The third-order valence-electron chi connectivity index (χ3n) is 2.60. The van der Waals surface area contributed by atoms with Crippen LogP contribution in [0.3, 0.4) is 0 Å². The molecule has 1 aromatic carbocycles. The van der Waals surface area contributed by atoms with E-state index in [0.29, 0.717) is 11.3 Å². The highest BCUT2D eigenvalue weighted by Gasteiger charge is 2.23. The maximum Gasteiger partial charge on any atom is 0.123 e. The van der Waals surface area contributed by atoms with E-state index in [1.807, 2.05) is 13.8 Å². The summed E-state index contributed by atoms with van der Waals surface area (Å²) in [6.45, 7) is 3.71. The molecule has 0 heterocycles. The van der Waals surface area contributed by atoms with Crippen molar-refractivity contribution in [2.45, 2.75) is 26.0 Å². The first-order valence-corrected chi connectivity index (χ1v) is 5.24. The van der Waals surface area contributed by atoms with Gasteiger partial charge < -0.3 is 15.6 Å². The first-order chi connectivity index (χ1) is 7.47. The standard InChI is InChI=1S/C12H18FNO2/c1-7(2)12(15)11(14)9-6-8(13)4-5-10(9)16-3/h4-7,11-12,15H,14H2,1-3H3/t11-,12+/m0/s1. The third kappa shape index (κ3) is 2.71. The van der Waals surface area contributed by atoms with Gasteiger partial charge in [0.25, 0.3) is 0 Å². The first-order valence-electron chi connectivity index (χ1n) is 5.24. The molecule has 2 atom stereocenters. The van der Waals surface area contributed by atoms with E-state index < -0.39 is 12.1 Å². The van der Waals surface area contributed by atoms with Crippen LogP contribution in [-0.2, 0) is 0 Å². The topological polar surface area (TPSA) is 55.5 Å². The number of benzene rings is 1. The number of hydrogen-bond donors (Lipinski definition) is 2. The maximum atomic E-state index is 13.1. The summed E-state index contributed by atoms with van der Waals surface area (Å²) in [4.78, 5) is 0. The Kier molecular flexibility index (Phi) is 4.26. The van der Waals surface area contributed by atoms with Gasteiger partial charge >= 0.3 is 0 Å². The molecule has 0 aliphatic carbocycles. The molecule has 0 saturated carbocycles. The first kappa shape index (κ1) is 12.9. The van der Waals surface area contributed by atoms with Crippen molar-refractivity contribution in [2.75, 3.05) is 7.11 Å². The zero-order chi connectivity index (χ0) is 12.3. The minimum Gasteiger partial charge on any atom is -0.496 e. The Morgan fingerprint density at radius 1 is 1.38 bits per heavy atom. The van der Waals surface area contributed by atoms with E-state index >= 15 is 0 Å². The van der Waals surface area contributed by atoms with E-state index in [-0.39, 0.29) is 11.7 Å². The molecule has 1 rings (SSSR count). The Hall–Kier alpha value is -1.13. The van der Waals surface area contributed by atoms with E-state index in [1.54, 1.807) is 0 Å². The van der Waals surface area contributed by atoms with Gasteiger partial charge in [0, 0.05) is 5.56 Å². The van der Waals surface area contributed by atoms with E-state index in [1.165, 1.54) is 25.3 Å². The van der Waals surface area contributed by atoms with Gasteiger partial charge in [-0.05, 0) is 24.1 Å². The van der Waals surface area contributed by atoms with Gasteiger partial charge in [0.15, 0.2) is 0 Å². The molecule has 0 amide bonds. The largest absolute Gasteiger partial charge is 0.496 e. The van der Waals surface area contributed by atoms with Crippen LogP contribution in [0.1, 0.15) is 25.5 Å². The van der Waals surface area contributed by atoms with Gasteiger partial charge in [-0.25, -0.2) is 4.39 Å². The third-order valence-corrected chi connectivity index (χ3v) is 2.60. The van der Waals surface area contributed by atoms with Gasteiger partial charge in [0.05, 0.1) is 19.3 Å². The van der Waals surface area contributed by atoms with Gasteiger partial charge in [0.1, 0.15) is 11.6 Å². The van der Waals surface area contributed by atoms with E-state index in [9.17, 15) is 9.50 Å². The normalized spacial score (nSPS) is 14.9. The molecule has 3 nitrogen and oxygen atoms in total. The van der Waals surface area contributed by atoms with Crippen molar-refractivity contribution in [2.24, 2.45) is 11.7 Å². The molecule has 0 saturated heterocycles. The monoisotopic (exact) mass is 227 g/mol. The van der Waals surface area contributed by atoms with Crippen LogP contribution in [0.2, 0.25) is 0 Å². The quantitative estimate of drug-likeness (QED) is 0.825. The lowest BCUT2D eigenvalue weighted by molar-refractivity contribution is 0.0968. The van der Waals surface area contributed by atoms with Gasteiger partial charge in [-0.1, -0.05) is 13.8 Å². The lowest BCUT2D eigenvalue weighted by Gasteiger charge is -2.23. The Morgan fingerprint density at radius 2 is 2.00 bits per heavy atom. The molecule has 0 aromatic heterocycles. The molecule has 0 radical (unpaired) electrons. The van der Waals surface area contributed by atoms with Crippen LogP contribution in [0.4, 0.5) is 4.39 Å². The van der Waals surface area contributed by atoms with Crippen molar-refractivity contribution < 1.29 is 14.2 Å². The second-order valence-corrected chi connectivity index (χ2v) is 4.15. The zero-order valence-corrected chi connectivity index (χ0v) is 9.77. The summed E-state index contributed by atoms with van der Waals surface area (Å²) in [6.07, 6.45) is -0.726. The second-order valence-electron chi connectivity index (χ2n) is 4.15. The number of halogens is 1. The summed E-state index contributed by atoms with van der Waals surface area (Å²) in [5.74, 6) is 0.110. The maximum absolute atomic E-state index is 13.1. The highest BCUT2D eigenvalue weighted by atomic mass is 19.1. The molecule has 0 bridgehead atoms. The SMILES string of the molecule is COc1ccc(F)cc1[C@H](N)[C@H](O)C(C)C. The summed E-state index contributed by atoms with van der Waals surface area (Å²) in [6, 6.07) is 3.47. The van der Waals surface area contributed by atoms with E-state index in [2.05, 4.69) is 0 Å². The van der Waals surface area contributed by atoms with Crippen molar-refractivity contribution in [3.63, 3.8) is 0 Å². The summed E-state index contributed by atoms with van der Waals surface area (Å²) in [5.41, 5.74) is 6.38. The van der Waals surface area contributed by atoms with Gasteiger partial charge in [-0.2, -0.15) is 0 Å². The number of hydrogen-bond acceptors (Lipinski definition) is 3. The van der Waals surface area contributed by atoms with Crippen LogP contribution in [0.5, 0.6) is 5.75 Å². The van der Waals surface area contributed by atoms with Crippen molar-refractivity contribution in [1.82, 2.24) is 0 Å². The lowest BCUT2D eigenvalue weighted by atomic mass is 9.94. The second kappa shape index (κ2) is 5.27. The van der Waals surface area contributed by atoms with Gasteiger partial charge in [0.2, 0.25) is 0 Å². The lowest BCUT2D eigenvalue weighted by Crippen LogP contribution is -2.30. The molecule has 16 heavy (non-hydrogen) atoms. The van der Waals surface area contributed by atoms with Crippen LogP contribution in [-0.4, -0.2) is 18.3 Å². The molecule has 0 spiro atoms. The van der Waals surface area contributed by atoms with Gasteiger partial charge in [-0.15, -0.1) is 0 Å². The molecule has 0 unspecified atom stereocenters. The Bertz CT molecular complexity index is 355. The fraction of sp³-hybridized carbons (Fsp3) is 0.500. The van der Waals surface area contributed by atoms with Crippen molar-refractivity contribution in [3.8, 4) is 5.75 Å². The summed E-state index contributed by atoms with van der Waals surface area (Å²) in [5, 5.41) is 9.86. The Balaban J connectivity index is 3.05. The summed E-state index contributed by atoms with van der Waals surface area (Å²) >= 11 is 0. The fourth-order valence-corrected chi connectivity index (χ4v) is 1.56. The number of rotatable bonds is 4. The number of nitrogens with two attached hydrogens (primary N) is 1. The number of ether oxygens (including phenoxy) is 1. The van der Waals surface area contributed by atoms with Crippen LogP contribution < -0.4 is 10.5 Å². The highest BCUT2D eigenvalue weighted by molar-refractivity contribution is 5.37. The van der Waals surface area contributed by atoms with Gasteiger partial charge in [-0.3, -0.25) is 0 Å². The van der Waals surface area contributed by atoms with Crippen LogP contribution in [0.15, 0.2) is 18.2 Å². The minimum absolute atomic E-state index is 0.00275.